The van der Waals surface area contributed by atoms with Crippen molar-refractivity contribution in [1.29, 1.82) is 0 Å². The minimum Gasteiger partial charge on any atom is -0.493 e. The lowest BCUT2D eigenvalue weighted by atomic mass is 9.80. The number of nitrogens with one attached hydrogen (secondary N) is 1. The fourth-order valence-corrected chi connectivity index (χ4v) is 2.96. The molecule has 0 aliphatic carbocycles. The molecule has 158 valence electrons. The van der Waals surface area contributed by atoms with Gasteiger partial charge in [0.25, 0.3) is 5.91 Å². The number of ether oxygens (including phenoxy) is 3. The molecule has 0 aliphatic rings. The van der Waals surface area contributed by atoms with Gasteiger partial charge in [-0.25, -0.2) is 0 Å². The summed E-state index contributed by atoms with van der Waals surface area (Å²) in [5, 5.41) is 2.83. The van der Waals surface area contributed by atoms with Crippen molar-refractivity contribution in [1.82, 2.24) is 0 Å². The summed E-state index contributed by atoms with van der Waals surface area (Å²) in [6, 6.07) is 11.4. The molecule has 0 unspecified atom stereocenters. The zero-order chi connectivity index (χ0) is 21.8. The highest BCUT2D eigenvalue weighted by atomic mass is 16.5. The molecule has 2 rings (SSSR count). The van der Waals surface area contributed by atoms with Crippen molar-refractivity contribution in [3.8, 4) is 17.2 Å². The summed E-state index contributed by atoms with van der Waals surface area (Å²) in [6.07, 6.45) is 0. The molecule has 2 aromatic carbocycles. The lowest BCUT2D eigenvalue weighted by Gasteiger charge is -2.27. The fraction of sp³-hybridized carbons (Fsp3) is 0.458. The normalized spacial score (nSPS) is 11.7. The third kappa shape index (κ3) is 5.89. The van der Waals surface area contributed by atoms with Crippen LogP contribution in [0.2, 0.25) is 0 Å². The Labute approximate surface area is 174 Å². The van der Waals surface area contributed by atoms with Gasteiger partial charge in [0, 0.05) is 11.8 Å². The average molecular weight is 400 g/mol. The van der Waals surface area contributed by atoms with Gasteiger partial charge in [-0.3, -0.25) is 4.79 Å². The van der Waals surface area contributed by atoms with Crippen LogP contribution in [0.5, 0.6) is 17.2 Å². The van der Waals surface area contributed by atoms with Gasteiger partial charge in [-0.05, 0) is 40.2 Å². The zero-order valence-electron chi connectivity index (χ0n) is 18.8. The van der Waals surface area contributed by atoms with Gasteiger partial charge in [0.05, 0.1) is 14.2 Å². The highest BCUT2D eigenvalue weighted by Gasteiger charge is 2.23. The Bertz CT molecular complexity index is 860. The maximum absolute atomic E-state index is 12.4. The molecule has 0 heterocycles. The topological polar surface area (TPSA) is 56.8 Å². The zero-order valence-corrected chi connectivity index (χ0v) is 18.8. The molecule has 0 aliphatic heterocycles. The summed E-state index contributed by atoms with van der Waals surface area (Å²) in [6.45, 7) is 12.9. The smallest absolute Gasteiger partial charge is 0.262 e. The van der Waals surface area contributed by atoms with E-state index >= 15 is 0 Å². The van der Waals surface area contributed by atoms with E-state index in [-0.39, 0.29) is 23.3 Å². The minimum absolute atomic E-state index is 0.0450. The van der Waals surface area contributed by atoms with Gasteiger partial charge >= 0.3 is 0 Å². The molecule has 0 aromatic heterocycles. The molecule has 0 saturated carbocycles. The molecule has 5 heteroatoms. The Morgan fingerprint density at radius 3 is 2.00 bits per heavy atom. The highest BCUT2D eigenvalue weighted by molar-refractivity contribution is 5.92. The first kappa shape index (κ1) is 22.6. The lowest BCUT2D eigenvalue weighted by molar-refractivity contribution is -0.118. The van der Waals surface area contributed by atoms with Gasteiger partial charge in [-0.2, -0.15) is 0 Å². The second-order valence-corrected chi connectivity index (χ2v) is 9.12. The summed E-state index contributed by atoms with van der Waals surface area (Å²) >= 11 is 0. The Morgan fingerprint density at radius 1 is 0.828 bits per heavy atom. The summed E-state index contributed by atoms with van der Waals surface area (Å²) in [4.78, 5) is 12.4. The van der Waals surface area contributed by atoms with E-state index in [1.54, 1.807) is 32.4 Å². The molecular weight excluding hydrogens is 366 g/mol. The monoisotopic (exact) mass is 399 g/mol. The van der Waals surface area contributed by atoms with Crippen molar-refractivity contribution in [2.24, 2.45) is 0 Å². The first-order valence-corrected chi connectivity index (χ1v) is 9.75. The van der Waals surface area contributed by atoms with E-state index in [1.165, 1.54) is 5.56 Å². The van der Waals surface area contributed by atoms with Gasteiger partial charge in [0.15, 0.2) is 18.1 Å². The Hall–Kier alpha value is -2.69. The summed E-state index contributed by atoms with van der Waals surface area (Å²) in [7, 11) is 3.13. The molecule has 2 aromatic rings. The summed E-state index contributed by atoms with van der Waals surface area (Å²) in [5.41, 5.74) is 2.89. The molecule has 1 N–H and O–H groups in total. The molecule has 0 saturated heterocycles. The van der Waals surface area contributed by atoms with Crippen LogP contribution in [0.4, 0.5) is 5.69 Å². The number of benzene rings is 2. The molecule has 0 radical (unpaired) electrons. The second-order valence-electron chi connectivity index (χ2n) is 9.12. The van der Waals surface area contributed by atoms with Gasteiger partial charge in [-0.15, -0.1) is 0 Å². The van der Waals surface area contributed by atoms with Crippen LogP contribution in [-0.4, -0.2) is 26.7 Å². The van der Waals surface area contributed by atoms with E-state index in [1.807, 2.05) is 6.07 Å². The quantitative estimate of drug-likeness (QED) is 0.715. The largest absolute Gasteiger partial charge is 0.493 e. The van der Waals surface area contributed by atoms with Crippen LogP contribution in [-0.2, 0) is 15.6 Å². The third-order valence-electron chi connectivity index (χ3n) is 4.68. The van der Waals surface area contributed by atoms with Crippen LogP contribution >= 0.6 is 0 Å². The number of carbonyl (C=O) groups is 1. The number of hydrogen-bond donors (Lipinski definition) is 1. The predicted octanol–water partition coefficient (Wildman–Crippen LogP) is 5.32. The number of amides is 1. The Kier molecular flexibility index (Phi) is 6.83. The molecule has 0 bridgehead atoms. The first-order valence-electron chi connectivity index (χ1n) is 9.75. The van der Waals surface area contributed by atoms with E-state index in [9.17, 15) is 4.79 Å². The summed E-state index contributed by atoms with van der Waals surface area (Å²) < 4.78 is 16.4. The third-order valence-corrected chi connectivity index (χ3v) is 4.68. The SMILES string of the molecule is COc1ccc(NC(=O)COc2ccc(C(C)(C)C)cc2C(C)(C)C)cc1OC. The second kappa shape index (κ2) is 8.76. The van der Waals surface area contributed by atoms with Crippen LogP contribution in [0, 0.1) is 0 Å². The van der Waals surface area contributed by atoms with Crippen molar-refractivity contribution < 1.29 is 19.0 Å². The van der Waals surface area contributed by atoms with Crippen LogP contribution < -0.4 is 19.5 Å². The van der Waals surface area contributed by atoms with Crippen molar-refractivity contribution in [2.75, 3.05) is 26.1 Å². The van der Waals surface area contributed by atoms with Crippen molar-refractivity contribution in [3.63, 3.8) is 0 Å². The van der Waals surface area contributed by atoms with Gasteiger partial charge < -0.3 is 19.5 Å². The molecule has 29 heavy (non-hydrogen) atoms. The molecular formula is C24H33NO4. The van der Waals surface area contributed by atoms with E-state index in [2.05, 4.69) is 59.0 Å². The number of rotatable bonds is 6. The summed E-state index contributed by atoms with van der Waals surface area (Å²) in [5.74, 6) is 1.65. The molecule has 0 spiro atoms. The molecule has 1 amide bonds. The van der Waals surface area contributed by atoms with Crippen molar-refractivity contribution in [2.45, 2.75) is 52.4 Å². The highest BCUT2D eigenvalue weighted by Crippen LogP contribution is 2.35. The Balaban J connectivity index is 2.14. The van der Waals surface area contributed by atoms with Crippen molar-refractivity contribution >= 4 is 11.6 Å². The van der Waals surface area contributed by atoms with Crippen LogP contribution in [0.3, 0.4) is 0 Å². The molecule has 0 atom stereocenters. The van der Waals surface area contributed by atoms with E-state index in [0.29, 0.717) is 17.2 Å². The van der Waals surface area contributed by atoms with Gasteiger partial charge in [0.1, 0.15) is 5.75 Å². The minimum atomic E-state index is -0.239. The van der Waals surface area contributed by atoms with Crippen LogP contribution in [0.25, 0.3) is 0 Å². The van der Waals surface area contributed by atoms with E-state index in [0.717, 1.165) is 11.3 Å². The maximum atomic E-state index is 12.4. The predicted molar refractivity (Wildman–Crippen MR) is 118 cm³/mol. The van der Waals surface area contributed by atoms with E-state index < -0.39 is 0 Å². The standard InChI is InChI=1S/C24H33NO4/c1-23(2,3)16-9-11-19(18(13-16)24(4,5)6)29-15-22(26)25-17-10-12-20(27-7)21(14-17)28-8/h9-14H,15H2,1-8H3,(H,25,26). The fourth-order valence-electron chi connectivity index (χ4n) is 2.96. The lowest BCUT2D eigenvalue weighted by Crippen LogP contribution is -2.22. The average Bonchev–Trinajstić information content (AvgIpc) is 2.64. The van der Waals surface area contributed by atoms with Crippen molar-refractivity contribution in [3.05, 3.63) is 47.5 Å². The van der Waals surface area contributed by atoms with Crippen LogP contribution in [0.15, 0.2) is 36.4 Å². The molecule has 0 fully saturated rings. The Morgan fingerprint density at radius 2 is 1.45 bits per heavy atom. The maximum Gasteiger partial charge on any atom is 0.262 e. The first-order chi connectivity index (χ1) is 13.5. The van der Waals surface area contributed by atoms with Gasteiger partial charge in [0.2, 0.25) is 0 Å². The van der Waals surface area contributed by atoms with Gasteiger partial charge in [-0.1, -0.05) is 53.7 Å². The number of carbonyl (C=O) groups excluding carboxylic acids is 1. The van der Waals surface area contributed by atoms with Crippen LogP contribution in [0.1, 0.15) is 52.7 Å². The van der Waals surface area contributed by atoms with E-state index in [4.69, 9.17) is 14.2 Å². The number of methoxy groups -OCH3 is 2. The number of anilines is 1. The number of hydrogen-bond acceptors (Lipinski definition) is 4. The molecule has 5 nitrogen and oxygen atoms in total.